The molecule has 0 amide bonds. The maximum atomic E-state index is 12.3. The number of nitrogens with one attached hydrogen (secondary N) is 1. The number of carbonyl (C=O) groups is 2. The van der Waals surface area contributed by atoms with Gasteiger partial charge in [0.25, 0.3) is 5.79 Å². The highest BCUT2D eigenvalue weighted by Crippen LogP contribution is 2.37. The zero-order chi connectivity index (χ0) is 18.9. The Kier molecular flexibility index (Phi) is 4.70. The van der Waals surface area contributed by atoms with Gasteiger partial charge in [-0.1, -0.05) is 36.2 Å². The van der Waals surface area contributed by atoms with Gasteiger partial charge in [-0.2, -0.15) is 0 Å². The summed E-state index contributed by atoms with van der Waals surface area (Å²) in [5.41, 5.74) is 2.88. The second-order valence-electron chi connectivity index (χ2n) is 6.86. The standard InChI is InChI=1S/C20H20N2O4S/c1-13-5-7-14(8-6-13)16-12-27-19(22-16)21-11-15-17(23)25-20(26-18(15)24)9-3-2-4-10-20/h5-8,11-12H,2-4,9-10H2,1H3,(H,21,22). The Morgan fingerprint density at radius 3 is 2.41 bits per heavy atom. The number of anilines is 1. The van der Waals surface area contributed by atoms with E-state index in [-0.39, 0.29) is 5.57 Å². The smallest absolute Gasteiger partial charge is 0.350 e. The van der Waals surface area contributed by atoms with Gasteiger partial charge in [-0.15, -0.1) is 11.3 Å². The van der Waals surface area contributed by atoms with Crippen LogP contribution in [-0.2, 0) is 19.1 Å². The topological polar surface area (TPSA) is 77.5 Å². The van der Waals surface area contributed by atoms with Crippen LogP contribution in [0.5, 0.6) is 0 Å². The predicted octanol–water partition coefficient (Wildman–Crippen LogP) is 4.17. The predicted molar refractivity (Wildman–Crippen MR) is 102 cm³/mol. The van der Waals surface area contributed by atoms with Crippen molar-refractivity contribution in [3.05, 3.63) is 47.0 Å². The molecule has 1 spiro atoms. The van der Waals surface area contributed by atoms with Crippen LogP contribution in [0.2, 0.25) is 0 Å². The fraction of sp³-hybridized carbons (Fsp3) is 0.350. The highest BCUT2D eigenvalue weighted by atomic mass is 32.1. The number of thiazole rings is 1. The first-order chi connectivity index (χ1) is 13.0. The maximum Gasteiger partial charge on any atom is 0.350 e. The summed E-state index contributed by atoms with van der Waals surface area (Å²) < 4.78 is 10.9. The first-order valence-electron chi connectivity index (χ1n) is 9.01. The van der Waals surface area contributed by atoms with Gasteiger partial charge in [0.2, 0.25) is 0 Å². The average molecular weight is 384 g/mol. The lowest BCUT2D eigenvalue weighted by Gasteiger charge is -2.38. The third-order valence-corrected chi connectivity index (χ3v) is 5.58. The van der Waals surface area contributed by atoms with Gasteiger partial charge in [0.05, 0.1) is 5.69 Å². The van der Waals surface area contributed by atoms with Gasteiger partial charge in [-0.3, -0.25) is 0 Å². The molecule has 6 nitrogen and oxygen atoms in total. The number of hydrogen-bond acceptors (Lipinski definition) is 7. The molecule has 1 saturated carbocycles. The van der Waals surface area contributed by atoms with Crippen LogP contribution in [0.15, 0.2) is 41.4 Å². The lowest BCUT2D eigenvalue weighted by molar-refractivity contribution is -0.244. The summed E-state index contributed by atoms with van der Waals surface area (Å²) in [7, 11) is 0. The highest BCUT2D eigenvalue weighted by Gasteiger charge is 2.46. The number of aryl methyl sites for hydroxylation is 1. The highest BCUT2D eigenvalue weighted by molar-refractivity contribution is 7.14. The van der Waals surface area contributed by atoms with Crippen molar-refractivity contribution in [2.24, 2.45) is 0 Å². The molecule has 2 fully saturated rings. The van der Waals surface area contributed by atoms with Crippen LogP contribution in [0.4, 0.5) is 5.13 Å². The summed E-state index contributed by atoms with van der Waals surface area (Å²) in [6.07, 6.45) is 5.29. The molecule has 2 aliphatic rings. The van der Waals surface area contributed by atoms with E-state index < -0.39 is 17.7 Å². The summed E-state index contributed by atoms with van der Waals surface area (Å²) in [4.78, 5) is 29.1. The van der Waals surface area contributed by atoms with E-state index in [1.807, 2.05) is 36.6 Å². The third-order valence-electron chi connectivity index (χ3n) is 4.80. The van der Waals surface area contributed by atoms with Gasteiger partial charge in [-0.25, -0.2) is 14.6 Å². The van der Waals surface area contributed by atoms with Gasteiger partial charge in [0.15, 0.2) is 10.7 Å². The quantitative estimate of drug-likeness (QED) is 0.486. The Morgan fingerprint density at radius 1 is 1.07 bits per heavy atom. The Bertz CT molecular complexity index is 873. The van der Waals surface area contributed by atoms with E-state index in [9.17, 15) is 9.59 Å². The molecule has 1 aliphatic heterocycles. The van der Waals surface area contributed by atoms with E-state index in [0.717, 1.165) is 30.5 Å². The molecule has 0 unspecified atom stereocenters. The molecule has 1 aromatic carbocycles. The molecule has 140 valence electrons. The molecule has 0 radical (unpaired) electrons. The lowest BCUT2D eigenvalue weighted by Crippen LogP contribution is -2.47. The molecule has 0 bridgehead atoms. The minimum atomic E-state index is -1.07. The van der Waals surface area contributed by atoms with Crippen molar-refractivity contribution in [3.63, 3.8) is 0 Å². The number of aromatic nitrogens is 1. The Balaban J connectivity index is 1.46. The van der Waals surface area contributed by atoms with E-state index in [1.54, 1.807) is 0 Å². The summed E-state index contributed by atoms with van der Waals surface area (Å²) in [5.74, 6) is -2.35. The minimum absolute atomic E-state index is 0.140. The van der Waals surface area contributed by atoms with Crippen molar-refractivity contribution < 1.29 is 19.1 Å². The first kappa shape index (κ1) is 17.7. The molecule has 4 rings (SSSR count). The number of ether oxygens (including phenoxy) is 2. The van der Waals surface area contributed by atoms with Crippen LogP contribution >= 0.6 is 11.3 Å². The SMILES string of the molecule is Cc1ccc(-c2csc(NC=C3C(=O)OC4(CCCCC4)OC3=O)n2)cc1. The van der Waals surface area contributed by atoms with E-state index in [2.05, 4.69) is 10.3 Å². The number of carbonyl (C=O) groups excluding carboxylic acids is 2. The Labute approximate surface area is 161 Å². The maximum absolute atomic E-state index is 12.3. The zero-order valence-corrected chi connectivity index (χ0v) is 15.8. The molecule has 7 heteroatoms. The monoisotopic (exact) mass is 384 g/mol. The van der Waals surface area contributed by atoms with Crippen LogP contribution in [0.25, 0.3) is 11.3 Å². The fourth-order valence-electron chi connectivity index (χ4n) is 3.30. The molecule has 0 atom stereocenters. The molecular formula is C20H20N2O4S. The van der Waals surface area contributed by atoms with Crippen molar-refractivity contribution >= 4 is 28.4 Å². The second kappa shape index (κ2) is 7.15. The molecule has 1 N–H and O–H groups in total. The minimum Gasteiger partial charge on any atom is -0.419 e. The van der Waals surface area contributed by atoms with Crippen LogP contribution in [0, 0.1) is 6.92 Å². The van der Waals surface area contributed by atoms with E-state index in [4.69, 9.17) is 9.47 Å². The summed E-state index contributed by atoms with van der Waals surface area (Å²) in [5, 5.41) is 5.41. The van der Waals surface area contributed by atoms with Crippen molar-refractivity contribution in [3.8, 4) is 11.3 Å². The Morgan fingerprint density at radius 2 is 1.74 bits per heavy atom. The normalized spacial score (nSPS) is 18.8. The lowest BCUT2D eigenvalue weighted by atomic mass is 9.93. The first-order valence-corrected chi connectivity index (χ1v) is 9.89. The average Bonchev–Trinajstić information content (AvgIpc) is 3.11. The second-order valence-corrected chi connectivity index (χ2v) is 7.71. The van der Waals surface area contributed by atoms with E-state index in [0.29, 0.717) is 18.0 Å². The van der Waals surface area contributed by atoms with Crippen LogP contribution < -0.4 is 5.32 Å². The molecule has 2 heterocycles. The van der Waals surface area contributed by atoms with Crippen LogP contribution in [0.3, 0.4) is 0 Å². The van der Waals surface area contributed by atoms with Gasteiger partial charge in [0, 0.05) is 30.0 Å². The van der Waals surface area contributed by atoms with Crippen molar-refractivity contribution in [1.82, 2.24) is 4.98 Å². The molecule has 27 heavy (non-hydrogen) atoms. The van der Waals surface area contributed by atoms with Gasteiger partial charge in [0.1, 0.15) is 0 Å². The number of hydrogen-bond donors (Lipinski definition) is 1. The third kappa shape index (κ3) is 3.73. The van der Waals surface area contributed by atoms with Gasteiger partial charge < -0.3 is 14.8 Å². The molecule has 1 saturated heterocycles. The summed E-state index contributed by atoms with van der Waals surface area (Å²) in [6.45, 7) is 2.03. The van der Waals surface area contributed by atoms with Crippen LogP contribution in [-0.4, -0.2) is 22.7 Å². The summed E-state index contributed by atoms with van der Waals surface area (Å²) in [6, 6.07) is 8.07. The number of rotatable bonds is 3. The van der Waals surface area contributed by atoms with Crippen LogP contribution in [0.1, 0.15) is 37.7 Å². The summed E-state index contributed by atoms with van der Waals surface area (Å²) >= 11 is 1.39. The molecule has 1 aromatic heterocycles. The van der Waals surface area contributed by atoms with E-state index >= 15 is 0 Å². The Hall–Kier alpha value is -2.67. The van der Waals surface area contributed by atoms with Crippen molar-refractivity contribution in [1.29, 1.82) is 0 Å². The van der Waals surface area contributed by atoms with Gasteiger partial charge in [-0.05, 0) is 19.8 Å². The number of nitrogens with zero attached hydrogens (tertiary/aromatic N) is 1. The number of esters is 2. The molecular weight excluding hydrogens is 364 g/mol. The van der Waals surface area contributed by atoms with E-state index in [1.165, 1.54) is 23.1 Å². The van der Waals surface area contributed by atoms with Crippen molar-refractivity contribution in [2.45, 2.75) is 44.8 Å². The zero-order valence-electron chi connectivity index (χ0n) is 15.0. The molecule has 1 aliphatic carbocycles. The van der Waals surface area contributed by atoms with Crippen molar-refractivity contribution in [2.75, 3.05) is 5.32 Å². The molecule has 2 aromatic rings. The fourth-order valence-corrected chi connectivity index (χ4v) is 3.99. The van der Waals surface area contributed by atoms with Gasteiger partial charge >= 0.3 is 11.9 Å². The largest absolute Gasteiger partial charge is 0.419 e. The number of benzene rings is 1.